The molecule has 2 aromatic carbocycles. The summed E-state index contributed by atoms with van der Waals surface area (Å²) in [7, 11) is 0. The van der Waals surface area contributed by atoms with Crippen molar-refractivity contribution in [2.24, 2.45) is 0 Å². The van der Waals surface area contributed by atoms with Gasteiger partial charge in [-0.1, -0.05) is 52.3 Å². The first-order valence-electron chi connectivity index (χ1n) is 6.84. The fourth-order valence-electron chi connectivity index (χ4n) is 2.68. The van der Waals surface area contributed by atoms with Gasteiger partial charge in [-0.25, -0.2) is 0 Å². The molecule has 110 valence electrons. The molecule has 4 nitrogen and oxygen atoms in total. The lowest BCUT2D eigenvalue weighted by Crippen LogP contribution is -2.50. The molecule has 0 fully saturated rings. The molecule has 5 heteroatoms. The molecule has 3 atom stereocenters. The highest BCUT2D eigenvalue weighted by Crippen LogP contribution is 2.40. The molecule has 1 aliphatic rings. The van der Waals surface area contributed by atoms with E-state index in [2.05, 4.69) is 22.0 Å². The first kappa shape index (κ1) is 14.8. The Kier molecular flexibility index (Phi) is 3.97. The number of anilines is 1. The lowest BCUT2D eigenvalue weighted by atomic mass is 9.93. The smallest absolute Gasteiger partial charge is 0.259 e. The Hall–Kier alpha value is -2.16. The van der Waals surface area contributed by atoms with Crippen LogP contribution < -0.4 is 4.90 Å². The van der Waals surface area contributed by atoms with E-state index in [0.717, 1.165) is 0 Å². The van der Waals surface area contributed by atoms with Gasteiger partial charge in [0.15, 0.2) is 0 Å². The van der Waals surface area contributed by atoms with Crippen molar-refractivity contribution in [2.45, 2.75) is 17.0 Å². The standard InChI is InChI=1S/C17H13BrN2O2/c18-15-14(10-19)20(17(22)11-6-2-1-3-7-11)13-9-5-4-8-12(13)16(15)21/h1-9,14-16,21H/t14-,15-,16+/m1/s1. The van der Waals surface area contributed by atoms with E-state index in [-0.39, 0.29) is 5.91 Å². The monoisotopic (exact) mass is 356 g/mol. The highest BCUT2D eigenvalue weighted by molar-refractivity contribution is 9.09. The maximum absolute atomic E-state index is 12.9. The number of aliphatic hydroxyl groups excluding tert-OH is 1. The van der Waals surface area contributed by atoms with Crippen molar-refractivity contribution in [3.63, 3.8) is 0 Å². The number of fused-ring (bicyclic) bond motifs is 1. The van der Waals surface area contributed by atoms with Crippen LogP contribution in [0.1, 0.15) is 22.0 Å². The van der Waals surface area contributed by atoms with E-state index in [1.54, 1.807) is 48.5 Å². The number of benzene rings is 2. The fourth-order valence-corrected chi connectivity index (χ4v) is 3.32. The summed E-state index contributed by atoms with van der Waals surface area (Å²) >= 11 is 3.37. The summed E-state index contributed by atoms with van der Waals surface area (Å²) in [5.41, 5.74) is 1.72. The van der Waals surface area contributed by atoms with Gasteiger partial charge in [-0.15, -0.1) is 0 Å². The first-order chi connectivity index (χ1) is 10.6. The molecule has 0 aromatic heterocycles. The van der Waals surface area contributed by atoms with Crippen molar-refractivity contribution in [2.75, 3.05) is 4.90 Å². The number of nitriles is 1. The number of halogens is 1. The van der Waals surface area contributed by atoms with Gasteiger partial charge in [-0.3, -0.25) is 9.69 Å². The zero-order chi connectivity index (χ0) is 15.7. The summed E-state index contributed by atoms with van der Waals surface area (Å²) in [4.78, 5) is 13.8. The average molecular weight is 357 g/mol. The number of para-hydroxylation sites is 1. The Morgan fingerprint density at radius 3 is 2.45 bits per heavy atom. The maximum atomic E-state index is 12.9. The maximum Gasteiger partial charge on any atom is 0.259 e. The molecule has 0 spiro atoms. The van der Waals surface area contributed by atoms with Gasteiger partial charge in [0.05, 0.1) is 22.7 Å². The van der Waals surface area contributed by atoms with Crippen LogP contribution in [0.2, 0.25) is 0 Å². The number of aliphatic hydroxyl groups is 1. The third-order valence-electron chi connectivity index (χ3n) is 3.77. The molecule has 0 bridgehead atoms. The number of alkyl halides is 1. The van der Waals surface area contributed by atoms with Crippen LogP contribution in [0.3, 0.4) is 0 Å². The minimum atomic E-state index is -0.833. The highest BCUT2D eigenvalue weighted by Gasteiger charge is 2.42. The minimum Gasteiger partial charge on any atom is -0.387 e. The lowest BCUT2D eigenvalue weighted by Gasteiger charge is -2.39. The molecule has 1 aliphatic heterocycles. The Morgan fingerprint density at radius 2 is 1.77 bits per heavy atom. The van der Waals surface area contributed by atoms with Crippen LogP contribution in [0.5, 0.6) is 0 Å². The highest BCUT2D eigenvalue weighted by atomic mass is 79.9. The van der Waals surface area contributed by atoms with Gasteiger partial charge < -0.3 is 5.11 Å². The van der Waals surface area contributed by atoms with Crippen LogP contribution >= 0.6 is 15.9 Å². The third kappa shape index (κ3) is 2.31. The summed E-state index contributed by atoms with van der Waals surface area (Å²) in [6.45, 7) is 0. The van der Waals surface area contributed by atoms with Gasteiger partial charge in [0.2, 0.25) is 0 Å². The lowest BCUT2D eigenvalue weighted by molar-refractivity contribution is 0.0962. The molecule has 0 unspecified atom stereocenters. The Balaban J connectivity index is 2.14. The molecule has 1 N–H and O–H groups in total. The first-order valence-corrected chi connectivity index (χ1v) is 7.76. The number of hydrogen-bond donors (Lipinski definition) is 1. The molecule has 22 heavy (non-hydrogen) atoms. The molecule has 1 amide bonds. The van der Waals surface area contributed by atoms with Gasteiger partial charge in [0, 0.05) is 11.1 Å². The zero-order valence-corrected chi connectivity index (χ0v) is 13.1. The second-order valence-corrected chi connectivity index (χ2v) is 6.12. The molecule has 1 heterocycles. The number of amides is 1. The Bertz CT molecular complexity index is 742. The van der Waals surface area contributed by atoms with E-state index in [9.17, 15) is 15.2 Å². The van der Waals surface area contributed by atoms with Crippen LogP contribution in [-0.2, 0) is 0 Å². The van der Waals surface area contributed by atoms with Crippen LogP contribution in [-0.4, -0.2) is 21.9 Å². The number of carbonyl (C=O) groups excluding carboxylic acids is 1. The Morgan fingerprint density at radius 1 is 1.14 bits per heavy atom. The van der Waals surface area contributed by atoms with Crippen molar-refractivity contribution < 1.29 is 9.90 Å². The van der Waals surface area contributed by atoms with Gasteiger partial charge in [-0.05, 0) is 18.2 Å². The second kappa shape index (κ2) is 5.91. The summed E-state index contributed by atoms with van der Waals surface area (Å²) in [6.07, 6.45) is -0.833. The molecule has 0 saturated carbocycles. The number of carbonyl (C=O) groups is 1. The molecule has 0 saturated heterocycles. The molecule has 0 radical (unpaired) electrons. The molecule has 3 rings (SSSR count). The molecule has 2 aromatic rings. The van der Waals surface area contributed by atoms with E-state index < -0.39 is 17.0 Å². The molecule has 0 aliphatic carbocycles. The number of hydrogen-bond acceptors (Lipinski definition) is 3. The van der Waals surface area contributed by atoms with Crippen molar-refractivity contribution in [1.29, 1.82) is 5.26 Å². The van der Waals surface area contributed by atoms with Crippen molar-refractivity contribution >= 4 is 27.5 Å². The SMILES string of the molecule is N#C[C@@H]1[C@@H](Br)[C@@H](O)c2ccccc2N1C(=O)c1ccccc1. The number of nitrogens with zero attached hydrogens (tertiary/aromatic N) is 2. The molecular weight excluding hydrogens is 344 g/mol. The third-order valence-corrected chi connectivity index (χ3v) is 4.77. The van der Waals surface area contributed by atoms with Gasteiger partial charge in [0.1, 0.15) is 6.04 Å². The van der Waals surface area contributed by atoms with E-state index in [1.165, 1.54) is 4.90 Å². The quantitative estimate of drug-likeness (QED) is 0.798. The van der Waals surface area contributed by atoms with Gasteiger partial charge in [-0.2, -0.15) is 5.26 Å². The summed E-state index contributed by atoms with van der Waals surface area (Å²) in [5, 5.41) is 19.9. The Labute approximate surface area is 136 Å². The largest absolute Gasteiger partial charge is 0.387 e. The van der Waals surface area contributed by atoms with Gasteiger partial charge in [0.25, 0.3) is 5.91 Å². The van der Waals surface area contributed by atoms with Crippen molar-refractivity contribution in [1.82, 2.24) is 0 Å². The normalized spacial score (nSPS) is 23.5. The van der Waals surface area contributed by atoms with Crippen LogP contribution in [0.15, 0.2) is 54.6 Å². The van der Waals surface area contributed by atoms with Gasteiger partial charge >= 0.3 is 0 Å². The number of rotatable bonds is 1. The summed E-state index contributed by atoms with van der Waals surface area (Å²) in [5.74, 6) is -0.254. The van der Waals surface area contributed by atoms with Crippen LogP contribution in [0.25, 0.3) is 0 Å². The second-order valence-electron chi connectivity index (χ2n) is 5.06. The van der Waals surface area contributed by atoms with E-state index >= 15 is 0 Å². The predicted molar refractivity (Wildman–Crippen MR) is 86.8 cm³/mol. The minimum absolute atomic E-state index is 0.254. The summed E-state index contributed by atoms with van der Waals surface area (Å²) < 4.78 is 0. The summed E-state index contributed by atoms with van der Waals surface area (Å²) in [6, 6.07) is 17.3. The average Bonchev–Trinajstić information content (AvgIpc) is 2.58. The fraction of sp³-hybridized carbons (Fsp3) is 0.176. The van der Waals surface area contributed by atoms with E-state index in [4.69, 9.17) is 0 Å². The van der Waals surface area contributed by atoms with Crippen LogP contribution in [0, 0.1) is 11.3 Å². The molecular formula is C17H13BrN2O2. The van der Waals surface area contributed by atoms with Crippen LogP contribution in [0.4, 0.5) is 5.69 Å². The van der Waals surface area contributed by atoms with Crippen molar-refractivity contribution in [3.8, 4) is 6.07 Å². The predicted octanol–water partition coefficient (Wildman–Crippen LogP) is 3.04. The van der Waals surface area contributed by atoms with Crippen molar-refractivity contribution in [3.05, 3.63) is 65.7 Å². The topological polar surface area (TPSA) is 64.3 Å². The van der Waals surface area contributed by atoms with E-state index in [1.807, 2.05) is 6.07 Å². The van der Waals surface area contributed by atoms with E-state index in [0.29, 0.717) is 16.8 Å². The zero-order valence-electron chi connectivity index (χ0n) is 11.6.